The number of nitrogens with two attached hydrogens (primary N) is 1. The van der Waals surface area contributed by atoms with Gasteiger partial charge in [0.15, 0.2) is 0 Å². The van der Waals surface area contributed by atoms with Crippen LogP contribution in [0.5, 0.6) is 5.75 Å². The average Bonchev–Trinajstić information content (AvgIpc) is 2.50. The number of anilines is 1. The van der Waals surface area contributed by atoms with Crippen LogP contribution >= 0.6 is 11.6 Å². The Balaban J connectivity index is 1.77. The van der Waals surface area contributed by atoms with Crippen molar-refractivity contribution >= 4 is 23.2 Å². The van der Waals surface area contributed by atoms with E-state index in [1.807, 2.05) is 0 Å². The first kappa shape index (κ1) is 15.4. The highest BCUT2D eigenvalue weighted by Gasteiger charge is 2.39. The number of nitrogens with zero attached hydrogens (tertiary/aromatic N) is 1. The van der Waals surface area contributed by atoms with Gasteiger partial charge in [0.1, 0.15) is 5.75 Å². The molecule has 1 aromatic carbocycles. The number of benzene rings is 1. The highest BCUT2D eigenvalue weighted by atomic mass is 35.5. The highest BCUT2D eigenvalue weighted by Crippen LogP contribution is 2.35. The van der Waals surface area contributed by atoms with Crippen LogP contribution in [0.2, 0.25) is 5.02 Å². The summed E-state index contributed by atoms with van der Waals surface area (Å²) < 4.78 is 5.26. The first-order chi connectivity index (χ1) is 10.5. The van der Waals surface area contributed by atoms with Crippen LogP contribution in [0, 0.1) is 5.92 Å². The smallest absolute Gasteiger partial charge is 0.255 e. The Morgan fingerprint density at radius 1 is 1.45 bits per heavy atom. The number of nitrogen functional groups attached to an aromatic ring is 1. The minimum atomic E-state index is -0.140. The molecule has 2 heterocycles. The fourth-order valence-electron chi connectivity index (χ4n) is 3.69. The Labute approximate surface area is 135 Å². The number of rotatable bonds is 3. The number of hydrogen-bond acceptors (Lipinski definition) is 4. The molecule has 4 rings (SSSR count). The zero-order valence-electron chi connectivity index (χ0n) is 12.9. The van der Waals surface area contributed by atoms with Crippen molar-refractivity contribution < 1.29 is 9.53 Å². The molecular weight excluding hydrogens is 302 g/mol. The maximum absolute atomic E-state index is 12.6. The maximum atomic E-state index is 12.6. The molecule has 0 spiro atoms. The van der Waals surface area contributed by atoms with Crippen LogP contribution in [-0.4, -0.2) is 43.6 Å². The van der Waals surface area contributed by atoms with Crippen LogP contribution in [0.4, 0.5) is 5.69 Å². The molecule has 2 bridgehead atoms. The van der Waals surface area contributed by atoms with Crippen LogP contribution in [-0.2, 0) is 0 Å². The Morgan fingerprint density at radius 3 is 2.82 bits per heavy atom. The highest BCUT2D eigenvalue weighted by molar-refractivity contribution is 6.33. The third-order valence-electron chi connectivity index (χ3n) is 4.99. The predicted molar refractivity (Wildman–Crippen MR) is 87.4 cm³/mol. The van der Waals surface area contributed by atoms with Crippen molar-refractivity contribution in [3.8, 4) is 5.75 Å². The second kappa shape index (κ2) is 5.97. The molecule has 120 valence electrons. The number of halogens is 1. The lowest BCUT2D eigenvalue weighted by Crippen LogP contribution is -2.57. The lowest BCUT2D eigenvalue weighted by Gasteiger charge is -2.48. The van der Waals surface area contributed by atoms with E-state index in [-0.39, 0.29) is 11.9 Å². The monoisotopic (exact) mass is 323 g/mol. The molecule has 1 aliphatic carbocycles. The molecule has 1 aromatic rings. The van der Waals surface area contributed by atoms with Gasteiger partial charge in [-0.05, 0) is 38.3 Å². The van der Waals surface area contributed by atoms with Gasteiger partial charge < -0.3 is 20.7 Å². The number of nitrogens with one attached hydrogen (secondary N) is 1. The van der Waals surface area contributed by atoms with E-state index in [2.05, 4.69) is 17.3 Å². The minimum Gasteiger partial charge on any atom is -0.496 e. The number of ether oxygens (including phenoxy) is 1. The van der Waals surface area contributed by atoms with Crippen molar-refractivity contribution in [2.24, 2.45) is 5.92 Å². The second-order valence-electron chi connectivity index (χ2n) is 6.32. The summed E-state index contributed by atoms with van der Waals surface area (Å²) in [7, 11) is 3.69. The van der Waals surface area contributed by atoms with Gasteiger partial charge in [0.25, 0.3) is 5.91 Å². The van der Waals surface area contributed by atoms with Crippen molar-refractivity contribution in [1.82, 2.24) is 10.2 Å². The van der Waals surface area contributed by atoms with Crippen molar-refractivity contribution in [2.45, 2.75) is 31.3 Å². The number of fused-ring (bicyclic) bond motifs is 3. The Morgan fingerprint density at radius 2 is 2.23 bits per heavy atom. The number of methoxy groups -OCH3 is 1. The van der Waals surface area contributed by atoms with E-state index in [4.69, 9.17) is 22.1 Å². The summed E-state index contributed by atoms with van der Waals surface area (Å²) in [6.07, 6.45) is 3.42. The van der Waals surface area contributed by atoms with Gasteiger partial charge in [-0.15, -0.1) is 0 Å². The van der Waals surface area contributed by atoms with Crippen molar-refractivity contribution in [3.05, 3.63) is 22.7 Å². The minimum absolute atomic E-state index is 0.140. The van der Waals surface area contributed by atoms with E-state index < -0.39 is 0 Å². The van der Waals surface area contributed by atoms with Gasteiger partial charge in [-0.3, -0.25) is 4.79 Å². The molecule has 3 fully saturated rings. The normalized spacial score (nSPS) is 27.7. The van der Waals surface area contributed by atoms with Gasteiger partial charge in [-0.25, -0.2) is 0 Å². The van der Waals surface area contributed by atoms with Crippen LogP contribution < -0.4 is 15.8 Å². The Kier molecular flexibility index (Phi) is 4.19. The largest absolute Gasteiger partial charge is 0.496 e. The zero-order chi connectivity index (χ0) is 15.9. The maximum Gasteiger partial charge on any atom is 0.255 e. The number of carbonyl (C=O) groups excluding carboxylic acids is 1. The average molecular weight is 324 g/mol. The topological polar surface area (TPSA) is 67.6 Å². The van der Waals surface area contributed by atoms with Crippen LogP contribution in [0.15, 0.2) is 12.1 Å². The van der Waals surface area contributed by atoms with Gasteiger partial charge >= 0.3 is 0 Å². The van der Waals surface area contributed by atoms with E-state index in [1.165, 1.54) is 20.0 Å². The lowest BCUT2D eigenvalue weighted by atomic mass is 9.76. The Hall–Kier alpha value is -1.46. The molecule has 0 aromatic heterocycles. The molecule has 1 saturated carbocycles. The third kappa shape index (κ3) is 2.75. The van der Waals surface area contributed by atoms with Gasteiger partial charge in [0.05, 0.1) is 23.4 Å². The molecule has 0 radical (unpaired) electrons. The number of carbonyl (C=O) groups is 1. The fourth-order valence-corrected chi connectivity index (χ4v) is 3.85. The van der Waals surface area contributed by atoms with E-state index in [0.29, 0.717) is 34.0 Å². The molecule has 5 nitrogen and oxygen atoms in total. The molecule has 3 aliphatic rings. The summed E-state index contributed by atoms with van der Waals surface area (Å²) in [5, 5.41) is 3.53. The summed E-state index contributed by atoms with van der Waals surface area (Å²) in [5.74, 6) is 0.839. The molecule has 3 atom stereocenters. The predicted octanol–water partition coefficient (Wildman–Crippen LogP) is 2.14. The molecule has 1 amide bonds. The summed E-state index contributed by atoms with van der Waals surface area (Å²) in [5.41, 5.74) is 6.62. The fraction of sp³-hybridized carbons (Fsp3) is 0.562. The molecule has 0 unspecified atom stereocenters. The van der Waals surface area contributed by atoms with Gasteiger partial charge in [0, 0.05) is 24.7 Å². The van der Waals surface area contributed by atoms with E-state index in [0.717, 1.165) is 13.0 Å². The van der Waals surface area contributed by atoms with Crippen molar-refractivity contribution in [1.29, 1.82) is 0 Å². The van der Waals surface area contributed by atoms with Gasteiger partial charge in [-0.2, -0.15) is 0 Å². The van der Waals surface area contributed by atoms with Crippen LogP contribution in [0.3, 0.4) is 0 Å². The van der Waals surface area contributed by atoms with Crippen LogP contribution in [0.25, 0.3) is 0 Å². The molecule has 6 heteroatoms. The van der Waals surface area contributed by atoms with Crippen LogP contribution in [0.1, 0.15) is 29.6 Å². The first-order valence-electron chi connectivity index (χ1n) is 7.63. The molecule has 3 N–H and O–H groups in total. The number of hydrogen-bond donors (Lipinski definition) is 2. The second-order valence-corrected chi connectivity index (χ2v) is 6.73. The van der Waals surface area contributed by atoms with Gasteiger partial charge in [-0.1, -0.05) is 11.6 Å². The van der Waals surface area contributed by atoms with Gasteiger partial charge in [0.2, 0.25) is 0 Å². The number of piperidine rings is 2. The SMILES string of the molecule is COc1cc(N)c(Cl)cc1C(=O)N[C@H]1C[C@H]2CC[C@@H]1CN2C. The summed E-state index contributed by atoms with van der Waals surface area (Å²) in [4.78, 5) is 15.0. The third-order valence-corrected chi connectivity index (χ3v) is 5.32. The summed E-state index contributed by atoms with van der Waals surface area (Å²) in [6.45, 7) is 1.05. The van der Waals surface area contributed by atoms with Crippen molar-refractivity contribution in [2.75, 3.05) is 26.4 Å². The number of amides is 1. The van der Waals surface area contributed by atoms with E-state index >= 15 is 0 Å². The quantitative estimate of drug-likeness (QED) is 0.836. The zero-order valence-corrected chi connectivity index (χ0v) is 13.7. The summed E-state index contributed by atoms with van der Waals surface area (Å²) in [6, 6.07) is 3.98. The Bertz CT molecular complexity index is 593. The van der Waals surface area contributed by atoms with E-state index in [9.17, 15) is 4.79 Å². The molecule has 2 saturated heterocycles. The molecule has 22 heavy (non-hydrogen) atoms. The summed E-state index contributed by atoms with van der Waals surface area (Å²) >= 11 is 6.04. The standard InChI is InChI=1S/C16H22ClN3O2/c1-20-8-9-3-4-10(20)5-14(9)19-16(21)11-6-12(17)13(18)7-15(11)22-2/h6-7,9-10,14H,3-5,8,18H2,1-2H3,(H,19,21)/t9-,10-,14+/m1/s1. The van der Waals surface area contributed by atoms with E-state index in [1.54, 1.807) is 12.1 Å². The molecule has 2 aliphatic heterocycles. The molecular formula is C16H22ClN3O2. The first-order valence-corrected chi connectivity index (χ1v) is 8.01. The van der Waals surface area contributed by atoms with Crippen molar-refractivity contribution in [3.63, 3.8) is 0 Å². The lowest BCUT2D eigenvalue weighted by molar-refractivity contribution is 0.0397.